The highest BCUT2D eigenvalue weighted by Gasteiger charge is 2.22. The fraction of sp³-hybridized carbons (Fsp3) is 0.348. The van der Waals surface area contributed by atoms with Gasteiger partial charge in [-0.25, -0.2) is 4.98 Å². The molecule has 1 atom stereocenters. The number of fused-ring (bicyclic) bond motifs is 2. The van der Waals surface area contributed by atoms with Gasteiger partial charge in [-0.1, -0.05) is 24.3 Å². The molecular weight excluding hydrogens is 332 g/mol. The Labute approximate surface area is 160 Å². The van der Waals surface area contributed by atoms with Crippen LogP contribution in [0.4, 0.5) is 11.5 Å². The molecule has 27 heavy (non-hydrogen) atoms. The average molecular weight is 358 g/mol. The van der Waals surface area contributed by atoms with E-state index in [-0.39, 0.29) is 0 Å². The summed E-state index contributed by atoms with van der Waals surface area (Å²) in [5, 5.41) is 4.86. The molecular formula is C23H26N4. The first-order valence-electron chi connectivity index (χ1n) is 9.95. The van der Waals surface area contributed by atoms with E-state index in [0.717, 1.165) is 50.4 Å². The molecule has 0 spiro atoms. The molecule has 2 aromatic carbocycles. The zero-order valence-electron chi connectivity index (χ0n) is 15.9. The van der Waals surface area contributed by atoms with Gasteiger partial charge in [-0.2, -0.15) is 0 Å². The lowest BCUT2D eigenvalue weighted by atomic mass is 10.1. The molecule has 1 aliphatic heterocycles. The molecule has 4 heteroatoms. The van der Waals surface area contributed by atoms with Crippen molar-refractivity contribution in [3.8, 4) is 0 Å². The summed E-state index contributed by atoms with van der Waals surface area (Å²) in [5.74, 6) is 0.969. The predicted molar refractivity (Wildman–Crippen MR) is 113 cm³/mol. The van der Waals surface area contributed by atoms with Crippen LogP contribution in [0, 0.1) is 0 Å². The molecule has 138 valence electrons. The minimum Gasteiger partial charge on any atom is -0.369 e. The summed E-state index contributed by atoms with van der Waals surface area (Å²) in [7, 11) is 2.19. The number of piperazine rings is 1. The van der Waals surface area contributed by atoms with Crippen LogP contribution in [0.2, 0.25) is 0 Å². The number of rotatable bonds is 3. The van der Waals surface area contributed by atoms with Crippen molar-refractivity contribution >= 4 is 22.4 Å². The number of nitrogens with zero attached hydrogens (tertiary/aromatic N) is 3. The van der Waals surface area contributed by atoms with Gasteiger partial charge in [0.1, 0.15) is 5.82 Å². The molecule has 2 aliphatic rings. The fourth-order valence-corrected chi connectivity index (χ4v) is 4.34. The third-order valence-electron chi connectivity index (χ3n) is 6.00. The normalized spacial score (nSPS) is 20.0. The number of hydrogen-bond donors (Lipinski definition) is 1. The maximum atomic E-state index is 4.87. The number of aromatic nitrogens is 1. The van der Waals surface area contributed by atoms with Crippen LogP contribution in [0.5, 0.6) is 0 Å². The number of hydrogen-bond acceptors (Lipinski definition) is 4. The Balaban J connectivity index is 1.36. The summed E-state index contributed by atoms with van der Waals surface area (Å²) in [6.45, 7) is 4.44. The Kier molecular flexibility index (Phi) is 4.21. The van der Waals surface area contributed by atoms with Gasteiger partial charge in [-0.15, -0.1) is 0 Å². The lowest BCUT2D eigenvalue weighted by molar-refractivity contribution is 0.313. The quantitative estimate of drug-likeness (QED) is 0.764. The number of benzene rings is 2. The molecule has 1 fully saturated rings. The van der Waals surface area contributed by atoms with Crippen molar-refractivity contribution in [1.82, 2.24) is 9.88 Å². The molecule has 1 aromatic heterocycles. The first-order chi connectivity index (χ1) is 13.3. The predicted octanol–water partition coefficient (Wildman–Crippen LogP) is 4.09. The molecule has 0 radical (unpaired) electrons. The summed E-state index contributed by atoms with van der Waals surface area (Å²) < 4.78 is 0. The molecule has 0 amide bonds. The molecule has 3 aromatic rings. The first-order valence-corrected chi connectivity index (χ1v) is 9.95. The van der Waals surface area contributed by atoms with Crippen LogP contribution in [-0.2, 0) is 6.42 Å². The summed E-state index contributed by atoms with van der Waals surface area (Å²) in [4.78, 5) is 9.73. The first kappa shape index (κ1) is 16.6. The smallest absolute Gasteiger partial charge is 0.127 e. The summed E-state index contributed by atoms with van der Waals surface area (Å²) in [5.41, 5.74) is 5.25. The fourth-order valence-electron chi connectivity index (χ4n) is 4.34. The average Bonchev–Trinajstić information content (AvgIpc) is 3.11. The number of nitrogens with one attached hydrogen (secondary N) is 1. The largest absolute Gasteiger partial charge is 0.369 e. The van der Waals surface area contributed by atoms with E-state index < -0.39 is 0 Å². The van der Waals surface area contributed by atoms with Gasteiger partial charge in [0.15, 0.2) is 0 Å². The molecule has 1 unspecified atom stereocenters. The van der Waals surface area contributed by atoms with E-state index in [1.807, 2.05) is 0 Å². The summed E-state index contributed by atoms with van der Waals surface area (Å²) in [6.07, 6.45) is 2.29. The Bertz CT molecular complexity index is 960. The second-order valence-corrected chi connectivity index (χ2v) is 7.80. The van der Waals surface area contributed by atoms with E-state index >= 15 is 0 Å². The summed E-state index contributed by atoms with van der Waals surface area (Å²) in [6, 6.07) is 20.1. The van der Waals surface area contributed by atoms with Crippen LogP contribution >= 0.6 is 0 Å². The number of pyridine rings is 1. The molecule has 1 aliphatic carbocycles. The van der Waals surface area contributed by atoms with E-state index in [1.165, 1.54) is 22.2 Å². The zero-order chi connectivity index (χ0) is 18.2. The lowest BCUT2D eigenvalue weighted by Crippen LogP contribution is -2.44. The summed E-state index contributed by atoms with van der Waals surface area (Å²) >= 11 is 0. The van der Waals surface area contributed by atoms with Crippen LogP contribution in [0.25, 0.3) is 10.9 Å². The van der Waals surface area contributed by atoms with Gasteiger partial charge < -0.3 is 15.1 Å². The van der Waals surface area contributed by atoms with Gasteiger partial charge in [-0.05, 0) is 61.3 Å². The van der Waals surface area contributed by atoms with E-state index in [0.29, 0.717) is 6.04 Å². The highest BCUT2D eigenvalue weighted by molar-refractivity contribution is 5.84. The molecule has 1 N–H and O–H groups in total. The van der Waals surface area contributed by atoms with Gasteiger partial charge in [0.25, 0.3) is 0 Å². The van der Waals surface area contributed by atoms with Crippen LogP contribution < -0.4 is 10.2 Å². The van der Waals surface area contributed by atoms with Crippen molar-refractivity contribution in [1.29, 1.82) is 0 Å². The van der Waals surface area contributed by atoms with Crippen molar-refractivity contribution in [3.63, 3.8) is 0 Å². The SMILES string of the molecule is CN1CCN(c2ccc3nc(NC4CCc5ccccc54)ccc3c2)CC1. The Morgan fingerprint density at radius 1 is 0.963 bits per heavy atom. The minimum atomic E-state index is 0.371. The Morgan fingerprint density at radius 3 is 2.70 bits per heavy atom. The number of aryl methyl sites for hydroxylation is 1. The molecule has 2 heterocycles. The standard InChI is InChI=1S/C23H26N4/c1-26-12-14-27(15-13-26)19-8-10-21-18(16-19)7-11-23(24-21)25-22-9-6-17-4-2-3-5-20(17)22/h2-5,7-8,10-11,16,22H,6,9,12-15H2,1H3,(H,24,25). The van der Waals surface area contributed by atoms with Gasteiger partial charge >= 0.3 is 0 Å². The number of anilines is 2. The maximum Gasteiger partial charge on any atom is 0.127 e. The highest BCUT2D eigenvalue weighted by atomic mass is 15.2. The second-order valence-electron chi connectivity index (χ2n) is 7.80. The van der Waals surface area contributed by atoms with Crippen molar-refractivity contribution in [3.05, 3.63) is 65.7 Å². The van der Waals surface area contributed by atoms with Crippen LogP contribution in [0.15, 0.2) is 54.6 Å². The molecule has 1 saturated heterocycles. The lowest BCUT2D eigenvalue weighted by Gasteiger charge is -2.34. The van der Waals surface area contributed by atoms with Crippen LogP contribution in [0.1, 0.15) is 23.6 Å². The highest BCUT2D eigenvalue weighted by Crippen LogP contribution is 2.33. The van der Waals surface area contributed by atoms with Gasteiger partial charge in [0.05, 0.1) is 11.6 Å². The van der Waals surface area contributed by atoms with Crippen molar-refractivity contribution in [2.45, 2.75) is 18.9 Å². The molecule has 0 bridgehead atoms. The van der Waals surface area contributed by atoms with Gasteiger partial charge in [0, 0.05) is 37.3 Å². The van der Waals surface area contributed by atoms with E-state index in [1.54, 1.807) is 0 Å². The Hall–Kier alpha value is -2.59. The molecule has 4 nitrogen and oxygen atoms in total. The topological polar surface area (TPSA) is 31.4 Å². The van der Waals surface area contributed by atoms with E-state index in [2.05, 4.69) is 76.8 Å². The minimum absolute atomic E-state index is 0.371. The second kappa shape index (κ2) is 6.86. The van der Waals surface area contributed by atoms with E-state index in [9.17, 15) is 0 Å². The third-order valence-corrected chi connectivity index (χ3v) is 6.00. The maximum absolute atomic E-state index is 4.87. The van der Waals surface area contributed by atoms with Gasteiger partial charge in [-0.3, -0.25) is 0 Å². The zero-order valence-corrected chi connectivity index (χ0v) is 15.9. The molecule has 0 saturated carbocycles. The van der Waals surface area contributed by atoms with Crippen molar-refractivity contribution in [2.24, 2.45) is 0 Å². The number of likely N-dealkylation sites (N-methyl/N-ethyl adjacent to an activating group) is 1. The van der Waals surface area contributed by atoms with Gasteiger partial charge in [0.2, 0.25) is 0 Å². The molecule has 5 rings (SSSR count). The van der Waals surface area contributed by atoms with E-state index in [4.69, 9.17) is 4.98 Å². The monoisotopic (exact) mass is 358 g/mol. The van der Waals surface area contributed by atoms with Crippen LogP contribution in [-0.4, -0.2) is 43.1 Å². The van der Waals surface area contributed by atoms with Crippen molar-refractivity contribution < 1.29 is 0 Å². The third kappa shape index (κ3) is 3.26. The Morgan fingerprint density at radius 2 is 1.81 bits per heavy atom. The van der Waals surface area contributed by atoms with Crippen molar-refractivity contribution in [2.75, 3.05) is 43.4 Å². The van der Waals surface area contributed by atoms with Crippen LogP contribution in [0.3, 0.4) is 0 Å².